The molecule has 2 aliphatic rings. The molecule has 2 aromatic carbocycles. The van der Waals surface area contributed by atoms with Gasteiger partial charge >= 0.3 is 12.1 Å². The van der Waals surface area contributed by atoms with E-state index >= 15 is 0 Å². The Labute approximate surface area is 206 Å². The highest BCUT2D eigenvalue weighted by molar-refractivity contribution is 5.86. The summed E-state index contributed by atoms with van der Waals surface area (Å²) in [5.41, 5.74) is 4.47. The van der Waals surface area contributed by atoms with Crippen LogP contribution in [0.3, 0.4) is 0 Å². The first-order chi connectivity index (χ1) is 16.9. The van der Waals surface area contributed by atoms with Gasteiger partial charge in [0.2, 0.25) is 5.91 Å². The van der Waals surface area contributed by atoms with Gasteiger partial charge in [-0.25, -0.2) is 4.79 Å². The second-order valence-electron chi connectivity index (χ2n) is 9.83. The van der Waals surface area contributed by atoms with Crippen molar-refractivity contribution in [3.63, 3.8) is 0 Å². The maximum Gasteiger partial charge on any atom is 0.407 e. The summed E-state index contributed by atoms with van der Waals surface area (Å²) in [6.07, 6.45) is 3.52. The van der Waals surface area contributed by atoms with Gasteiger partial charge in [-0.05, 0) is 53.4 Å². The third-order valence-electron chi connectivity index (χ3n) is 7.30. The number of nitrogens with one attached hydrogen (secondary N) is 2. The zero-order valence-corrected chi connectivity index (χ0v) is 20.2. The number of hydrogen-bond donors (Lipinski definition) is 3. The summed E-state index contributed by atoms with van der Waals surface area (Å²) >= 11 is 0. The van der Waals surface area contributed by atoms with Crippen molar-refractivity contribution >= 4 is 18.0 Å². The molecule has 7 nitrogen and oxygen atoms in total. The molecule has 186 valence electrons. The monoisotopic (exact) mass is 478 g/mol. The fourth-order valence-electron chi connectivity index (χ4n) is 5.22. The number of rotatable bonds is 9. The molecule has 0 aliphatic heterocycles. The number of carboxylic acid groups (broad SMARTS) is 1. The molecule has 0 heterocycles. The van der Waals surface area contributed by atoms with Crippen LogP contribution in [0.1, 0.15) is 62.5 Å². The summed E-state index contributed by atoms with van der Waals surface area (Å²) in [5.74, 6) is -0.324. The van der Waals surface area contributed by atoms with E-state index in [4.69, 9.17) is 9.84 Å². The first-order valence-electron chi connectivity index (χ1n) is 12.5. The Kier molecular flexibility index (Phi) is 8.06. The van der Waals surface area contributed by atoms with E-state index in [9.17, 15) is 14.4 Å². The van der Waals surface area contributed by atoms with Crippen LogP contribution in [0.2, 0.25) is 0 Å². The lowest BCUT2D eigenvalue weighted by molar-refractivity contribution is -0.137. The standard InChI is InChI=1S/C28H34N2O5/c1-18-10-12-19(13-11-18)16-29-27(33)25(14-15-26(31)32)30-28(34)35-17-24-22-8-4-2-6-20(22)21-7-3-5-9-23(21)24/h2-9,18-19,24-25H,10-17H2,1H3,(H,29,33)(H,30,34)(H,31,32). The van der Waals surface area contributed by atoms with Gasteiger partial charge < -0.3 is 20.5 Å². The SMILES string of the molecule is CC1CCC(CNC(=O)C(CCC(=O)O)NC(=O)OCC2c3ccccc3-c3ccccc32)CC1. The highest BCUT2D eigenvalue weighted by Gasteiger charge is 2.30. The van der Waals surface area contributed by atoms with Crippen LogP contribution >= 0.6 is 0 Å². The van der Waals surface area contributed by atoms with Crippen molar-refractivity contribution in [3.8, 4) is 11.1 Å². The van der Waals surface area contributed by atoms with Crippen LogP contribution in [0, 0.1) is 11.8 Å². The Morgan fingerprint density at radius 1 is 0.971 bits per heavy atom. The highest BCUT2D eigenvalue weighted by Crippen LogP contribution is 2.44. The molecule has 0 bridgehead atoms. The number of alkyl carbamates (subject to hydrolysis) is 1. The summed E-state index contributed by atoms with van der Waals surface area (Å²) < 4.78 is 5.56. The average molecular weight is 479 g/mol. The number of fused-ring (bicyclic) bond motifs is 3. The maximum absolute atomic E-state index is 12.8. The second-order valence-corrected chi connectivity index (χ2v) is 9.83. The molecule has 0 radical (unpaired) electrons. The molecule has 0 saturated heterocycles. The van der Waals surface area contributed by atoms with Crippen molar-refractivity contribution in [1.29, 1.82) is 0 Å². The molecule has 2 amide bonds. The maximum atomic E-state index is 12.8. The van der Waals surface area contributed by atoms with Crippen molar-refractivity contribution in [2.45, 2.75) is 57.4 Å². The zero-order chi connectivity index (χ0) is 24.8. The molecule has 3 N–H and O–H groups in total. The highest BCUT2D eigenvalue weighted by atomic mass is 16.5. The molecule has 2 aliphatic carbocycles. The van der Waals surface area contributed by atoms with Crippen LogP contribution in [-0.4, -0.2) is 42.3 Å². The Morgan fingerprint density at radius 2 is 1.57 bits per heavy atom. The number of hydrogen-bond acceptors (Lipinski definition) is 4. The van der Waals surface area contributed by atoms with Crippen molar-refractivity contribution < 1.29 is 24.2 Å². The average Bonchev–Trinajstić information content (AvgIpc) is 3.18. The van der Waals surface area contributed by atoms with E-state index in [1.807, 2.05) is 36.4 Å². The van der Waals surface area contributed by atoms with Gasteiger partial charge in [-0.1, -0.05) is 68.3 Å². The van der Waals surface area contributed by atoms with Gasteiger partial charge in [-0.2, -0.15) is 0 Å². The quantitative estimate of drug-likeness (QED) is 0.485. The minimum Gasteiger partial charge on any atom is -0.481 e. The molecule has 1 atom stereocenters. The van der Waals surface area contributed by atoms with Crippen molar-refractivity contribution in [1.82, 2.24) is 10.6 Å². The zero-order valence-electron chi connectivity index (χ0n) is 20.2. The smallest absolute Gasteiger partial charge is 0.407 e. The summed E-state index contributed by atoms with van der Waals surface area (Å²) in [5, 5.41) is 14.6. The van der Waals surface area contributed by atoms with Gasteiger partial charge in [0.1, 0.15) is 12.6 Å². The summed E-state index contributed by atoms with van der Waals surface area (Å²) in [6.45, 7) is 2.92. The Balaban J connectivity index is 1.34. The van der Waals surface area contributed by atoms with Crippen LogP contribution in [0.25, 0.3) is 11.1 Å². The van der Waals surface area contributed by atoms with E-state index in [0.717, 1.165) is 53.9 Å². The van der Waals surface area contributed by atoms with E-state index in [0.29, 0.717) is 12.5 Å². The lowest BCUT2D eigenvalue weighted by Gasteiger charge is -2.27. The number of ether oxygens (including phenoxy) is 1. The number of carbonyl (C=O) groups is 3. The molecule has 35 heavy (non-hydrogen) atoms. The number of carbonyl (C=O) groups excluding carboxylic acids is 2. The first-order valence-corrected chi connectivity index (χ1v) is 12.5. The molecule has 0 spiro atoms. The normalized spacial score (nSPS) is 19.8. The predicted molar refractivity (Wildman–Crippen MR) is 133 cm³/mol. The molecule has 1 saturated carbocycles. The van der Waals surface area contributed by atoms with E-state index in [2.05, 4.69) is 29.7 Å². The fourth-order valence-corrected chi connectivity index (χ4v) is 5.22. The number of carboxylic acids is 1. The van der Waals surface area contributed by atoms with Gasteiger partial charge in [0.25, 0.3) is 0 Å². The molecule has 4 rings (SSSR count). The van der Waals surface area contributed by atoms with E-state index < -0.39 is 18.1 Å². The third-order valence-corrected chi connectivity index (χ3v) is 7.30. The molecule has 7 heteroatoms. The minimum absolute atomic E-state index is 0.00701. The van der Waals surface area contributed by atoms with Crippen LogP contribution in [0.15, 0.2) is 48.5 Å². The number of benzene rings is 2. The van der Waals surface area contributed by atoms with Crippen molar-refractivity contribution in [3.05, 3.63) is 59.7 Å². The van der Waals surface area contributed by atoms with E-state index in [-0.39, 0.29) is 31.3 Å². The van der Waals surface area contributed by atoms with Gasteiger partial charge in [-0.3, -0.25) is 9.59 Å². The molecule has 0 aromatic heterocycles. The molecule has 1 unspecified atom stereocenters. The van der Waals surface area contributed by atoms with Crippen LogP contribution in [0.5, 0.6) is 0 Å². The molecular formula is C28H34N2O5. The van der Waals surface area contributed by atoms with E-state index in [1.165, 1.54) is 0 Å². The lowest BCUT2D eigenvalue weighted by Crippen LogP contribution is -2.48. The predicted octanol–water partition coefficient (Wildman–Crippen LogP) is 4.70. The third kappa shape index (κ3) is 6.21. The topological polar surface area (TPSA) is 105 Å². The summed E-state index contributed by atoms with van der Waals surface area (Å²) in [4.78, 5) is 36.6. The molecular weight excluding hydrogens is 444 g/mol. The van der Waals surface area contributed by atoms with E-state index in [1.54, 1.807) is 0 Å². The number of amides is 2. The van der Waals surface area contributed by atoms with Gasteiger partial charge in [0.15, 0.2) is 0 Å². The van der Waals surface area contributed by atoms with Gasteiger partial charge in [0.05, 0.1) is 0 Å². The van der Waals surface area contributed by atoms with Crippen molar-refractivity contribution in [2.75, 3.05) is 13.2 Å². The molecule has 1 fully saturated rings. The molecule has 2 aromatic rings. The van der Waals surface area contributed by atoms with Crippen LogP contribution in [0.4, 0.5) is 4.79 Å². The minimum atomic E-state index is -1.02. The second kappa shape index (κ2) is 11.4. The number of aliphatic carboxylic acids is 1. The van der Waals surface area contributed by atoms with Crippen LogP contribution < -0.4 is 10.6 Å². The van der Waals surface area contributed by atoms with Crippen LogP contribution in [-0.2, 0) is 14.3 Å². The Bertz CT molecular complexity index is 1020. The fraction of sp³-hybridized carbons (Fsp3) is 0.464. The Morgan fingerprint density at radius 3 is 2.17 bits per heavy atom. The van der Waals surface area contributed by atoms with Gasteiger partial charge in [0, 0.05) is 18.9 Å². The summed E-state index contributed by atoms with van der Waals surface area (Å²) in [7, 11) is 0. The van der Waals surface area contributed by atoms with Gasteiger partial charge in [-0.15, -0.1) is 0 Å². The largest absolute Gasteiger partial charge is 0.481 e. The Hall–Kier alpha value is -3.35. The summed E-state index contributed by atoms with van der Waals surface area (Å²) in [6, 6.07) is 15.2. The lowest BCUT2D eigenvalue weighted by atomic mass is 9.83. The first kappa shape index (κ1) is 24.8. The van der Waals surface area contributed by atoms with Crippen molar-refractivity contribution in [2.24, 2.45) is 11.8 Å².